The summed E-state index contributed by atoms with van der Waals surface area (Å²) in [4.78, 5) is 0. The van der Waals surface area contributed by atoms with E-state index in [0.717, 1.165) is 27.5 Å². The van der Waals surface area contributed by atoms with Gasteiger partial charge in [-0.1, -0.05) is 51.3 Å². The number of rotatable bonds is 4. The number of ether oxygens (including phenoxy) is 1. The minimum absolute atomic E-state index is 0.445. The molecule has 0 saturated heterocycles. The van der Waals surface area contributed by atoms with E-state index < -0.39 is 0 Å². The highest BCUT2D eigenvalue weighted by Gasteiger charge is 2.06. The van der Waals surface area contributed by atoms with Crippen LogP contribution in [-0.2, 0) is 11.9 Å². The summed E-state index contributed by atoms with van der Waals surface area (Å²) in [5.41, 5.74) is 3.14. The van der Waals surface area contributed by atoms with Gasteiger partial charge in [0.25, 0.3) is 0 Å². The van der Waals surface area contributed by atoms with Crippen molar-refractivity contribution in [2.45, 2.75) is 18.9 Å². The highest BCUT2D eigenvalue weighted by Crippen LogP contribution is 2.27. The third kappa shape index (κ3) is 3.88. The zero-order chi connectivity index (χ0) is 13.8. The lowest BCUT2D eigenvalue weighted by Crippen LogP contribution is -1.98. The highest BCUT2D eigenvalue weighted by atomic mass is 79.9. The van der Waals surface area contributed by atoms with Crippen molar-refractivity contribution >= 4 is 39.1 Å². The van der Waals surface area contributed by atoms with E-state index in [1.165, 1.54) is 0 Å². The predicted molar refractivity (Wildman–Crippen MR) is 84.6 cm³/mol. The maximum Gasteiger partial charge on any atom is 0.123 e. The molecule has 0 aromatic heterocycles. The van der Waals surface area contributed by atoms with Crippen molar-refractivity contribution in [1.82, 2.24) is 0 Å². The fraction of sp³-hybridized carbons (Fsp3) is 0.200. The molecular formula is C15H13BrCl2O. The summed E-state index contributed by atoms with van der Waals surface area (Å²) in [6, 6.07) is 11.5. The zero-order valence-electron chi connectivity index (χ0n) is 10.4. The summed E-state index contributed by atoms with van der Waals surface area (Å²) in [6.07, 6.45) is 0. The molecule has 2 rings (SSSR count). The smallest absolute Gasteiger partial charge is 0.123 e. The van der Waals surface area contributed by atoms with E-state index in [1.54, 1.807) is 0 Å². The van der Waals surface area contributed by atoms with E-state index >= 15 is 0 Å². The van der Waals surface area contributed by atoms with Gasteiger partial charge >= 0.3 is 0 Å². The summed E-state index contributed by atoms with van der Waals surface area (Å²) in [6.45, 7) is 2.46. The first kappa shape index (κ1) is 14.7. The van der Waals surface area contributed by atoms with Crippen molar-refractivity contribution in [3.8, 4) is 5.75 Å². The summed E-state index contributed by atoms with van der Waals surface area (Å²) in [5, 5.41) is 2.13. The van der Waals surface area contributed by atoms with Crippen LogP contribution in [0.5, 0.6) is 5.75 Å². The number of hydrogen-bond donors (Lipinski definition) is 0. The number of aryl methyl sites for hydroxylation is 1. The van der Waals surface area contributed by atoms with Gasteiger partial charge in [0.1, 0.15) is 12.4 Å². The van der Waals surface area contributed by atoms with Crippen LogP contribution in [0, 0.1) is 6.92 Å². The Balaban J connectivity index is 2.14. The first-order chi connectivity index (χ1) is 9.10. The second-order valence-corrected chi connectivity index (χ2v) is 5.67. The van der Waals surface area contributed by atoms with Gasteiger partial charge in [-0.15, -0.1) is 0 Å². The average molecular weight is 360 g/mol. The average Bonchev–Trinajstić information content (AvgIpc) is 2.39. The van der Waals surface area contributed by atoms with Gasteiger partial charge in [-0.25, -0.2) is 0 Å². The first-order valence-corrected chi connectivity index (χ1v) is 7.70. The second-order valence-electron chi connectivity index (χ2n) is 4.27. The molecule has 0 N–H and O–H groups in total. The Morgan fingerprint density at radius 1 is 1.05 bits per heavy atom. The van der Waals surface area contributed by atoms with Gasteiger partial charge < -0.3 is 4.74 Å². The van der Waals surface area contributed by atoms with Gasteiger partial charge in [0.05, 0.1) is 0 Å². The van der Waals surface area contributed by atoms with Crippen molar-refractivity contribution in [3.63, 3.8) is 0 Å². The quantitative estimate of drug-likeness (QED) is 0.629. The lowest BCUT2D eigenvalue weighted by molar-refractivity contribution is 0.304. The van der Waals surface area contributed by atoms with E-state index in [9.17, 15) is 0 Å². The Bertz CT molecular complexity index is 584. The molecule has 0 unspecified atom stereocenters. The number of benzene rings is 2. The van der Waals surface area contributed by atoms with E-state index in [1.807, 2.05) is 43.3 Å². The third-order valence-electron chi connectivity index (χ3n) is 2.76. The van der Waals surface area contributed by atoms with Crippen LogP contribution in [0.2, 0.25) is 10.0 Å². The van der Waals surface area contributed by atoms with E-state index in [2.05, 4.69) is 15.9 Å². The van der Waals surface area contributed by atoms with Crippen LogP contribution in [-0.4, -0.2) is 0 Å². The molecule has 0 radical (unpaired) electrons. The molecule has 19 heavy (non-hydrogen) atoms. The Hall–Kier alpha value is -0.700. The van der Waals surface area contributed by atoms with Crippen molar-refractivity contribution in [2.75, 3.05) is 0 Å². The maximum atomic E-state index is 6.18. The number of hydrogen-bond acceptors (Lipinski definition) is 1. The van der Waals surface area contributed by atoms with Crippen molar-refractivity contribution in [3.05, 3.63) is 63.1 Å². The SMILES string of the molecule is Cc1ccc(COc2ccc(Cl)cc2CBr)c(Cl)c1. The number of alkyl halides is 1. The van der Waals surface area contributed by atoms with Crippen molar-refractivity contribution in [2.24, 2.45) is 0 Å². The molecule has 2 aromatic carbocycles. The fourth-order valence-electron chi connectivity index (χ4n) is 1.72. The molecule has 0 amide bonds. The lowest BCUT2D eigenvalue weighted by Gasteiger charge is -2.11. The van der Waals surface area contributed by atoms with E-state index in [0.29, 0.717) is 17.0 Å². The molecule has 0 saturated carbocycles. The molecule has 2 aromatic rings. The molecule has 0 heterocycles. The molecule has 0 aliphatic heterocycles. The Morgan fingerprint density at radius 2 is 1.84 bits per heavy atom. The first-order valence-electron chi connectivity index (χ1n) is 5.82. The molecule has 0 spiro atoms. The minimum Gasteiger partial charge on any atom is -0.489 e. The zero-order valence-corrected chi connectivity index (χ0v) is 13.5. The summed E-state index contributed by atoms with van der Waals surface area (Å²) >= 11 is 15.6. The molecule has 1 nitrogen and oxygen atoms in total. The molecule has 0 fully saturated rings. The van der Waals surface area contributed by atoms with Crippen LogP contribution >= 0.6 is 39.1 Å². The van der Waals surface area contributed by atoms with E-state index in [-0.39, 0.29) is 0 Å². The molecule has 0 aliphatic carbocycles. The summed E-state index contributed by atoms with van der Waals surface area (Å²) in [5.74, 6) is 0.818. The maximum absolute atomic E-state index is 6.18. The molecule has 0 atom stereocenters. The van der Waals surface area contributed by atoms with E-state index in [4.69, 9.17) is 27.9 Å². The number of halogens is 3. The van der Waals surface area contributed by atoms with Gasteiger partial charge in [-0.2, -0.15) is 0 Å². The molecular weight excluding hydrogens is 347 g/mol. The fourth-order valence-corrected chi connectivity index (χ4v) is 2.64. The monoisotopic (exact) mass is 358 g/mol. The van der Waals surface area contributed by atoms with Crippen LogP contribution in [0.3, 0.4) is 0 Å². The lowest BCUT2D eigenvalue weighted by atomic mass is 10.1. The van der Waals surface area contributed by atoms with Crippen LogP contribution < -0.4 is 4.74 Å². The van der Waals surface area contributed by atoms with Crippen LogP contribution in [0.25, 0.3) is 0 Å². The van der Waals surface area contributed by atoms with Gasteiger partial charge in [-0.05, 0) is 36.8 Å². The van der Waals surface area contributed by atoms with Crippen LogP contribution in [0.1, 0.15) is 16.7 Å². The van der Waals surface area contributed by atoms with Crippen molar-refractivity contribution < 1.29 is 4.74 Å². The summed E-state index contributed by atoms with van der Waals surface area (Å²) in [7, 11) is 0. The Kier molecular flexibility index (Phi) is 5.14. The predicted octanol–water partition coefficient (Wildman–Crippen LogP) is 5.78. The Morgan fingerprint density at radius 3 is 2.53 bits per heavy atom. The molecule has 100 valence electrons. The van der Waals surface area contributed by atoms with Crippen molar-refractivity contribution in [1.29, 1.82) is 0 Å². The van der Waals surface area contributed by atoms with Gasteiger partial charge in [0, 0.05) is 26.5 Å². The second kappa shape index (κ2) is 6.65. The minimum atomic E-state index is 0.445. The van der Waals surface area contributed by atoms with Gasteiger partial charge in [-0.3, -0.25) is 0 Å². The highest BCUT2D eigenvalue weighted by molar-refractivity contribution is 9.08. The normalized spacial score (nSPS) is 10.5. The Labute approximate surface area is 131 Å². The topological polar surface area (TPSA) is 9.23 Å². The standard InChI is InChI=1S/C15H13BrCl2O/c1-10-2-3-11(14(18)6-10)9-19-15-5-4-13(17)7-12(15)8-16/h2-7H,8-9H2,1H3. The van der Waals surface area contributed by atoms with Crippen LogP contribution in [0.4, 0.5) is 0 Å². The molecule has 0 bridgehead atoms. The van der Waals surface area contributed by atoms with Gasteiger partial charge in [0.2, 0.25) is 0 Å². The largest absolute Gasteiger partial charge is 0.489 e. The summed E-state index contributed by atoms with van der Waals surface area (Å²) < 4.78 is 5.82. The molecule has 4 heteroatoms. The molecule has 0 aliphatic rings. The van der Waals surface area contributed by atoms with Crippen LogP contribution in [0.15, 0.2) is 36.4 Å². The van der Waals surface area contributed by atoms with Gasteiger partial charge in [0.15, 0.2) is 0 Å². The third-order valence-corrected chi connectivity index (χ3v) is 3.95.